The minimum Gasteiger partial charge on any atom is -0.345 e. The van der Waals surface area contributed by atoms with Crippen molar-refractivity contribution >= 4 is 16.9 Å². The summed E-state index contributed by atoms with van der Waals surface area (Å²) in [4.78, 5) is 20.4. The molecule has 0 saturated heterocycles. The molecule has 2 aromatic heterocycles. The Morgan fingerprint density at radius 3 is 2.58 bits per heavy atom. The van der Waals surface area contributed by atoms with Crippen molar-refractivity contribution in [2.75, 3.05) is 0 Å². The minimum absolute atomic E-state index is 0.150. The summed E-state index contributed by atoms with van der Waals surface area (Å²) in [5.41, 5.74) is 4.90. The van der Waals surface area contributed by atoms with Gasteiger partial charge in [0.25, 0.3) is 5.91 Å². The van der Waals surface area contributed by atoms with Crippen LogP contribution in [0.1, 0.15) is 27.6 Å². The lowest BCUT2D eigenvalue weighted by atomic mass is 10.2. The minimum atomic E-state index is -0.150. The van der Waals surface area contributed by atoms with E-state index in [4.69, 9.17) is 0 Å². The van der Waals surface area contributed by atoms with Crippen LogP contribution in [0.2, 0.25) is 0 Å². The topological polar surface area (TPSA) is 75.6 Å². The maximum absolute atomic E-state index is 12.7. The molecule has 4 aromatic rings. The Labute approximate surface area is 150 Å². The highest BCUT2D eigenvalue weighted by Crippen LogP contribution is 2.18. The number of hydrogen-bond donors (Lipinski definition) is 2. The maximum Gasteiger partial charge on any atom is 0.255 e. The maximum atomic E-state index is 12.7. The van der Waals surface area contributed by atoms with E-state index in [0.29, 0.717) is 17.8 Å². The zero-order chi connectivity index (χ0) is 18.1. The van der Waals surface area contributed by atoms with E-state index in [1.54, 1.807) is 4.68 Å². The number of aromatic nitrogens is 4. The first-order valence-corrected chi connectivity index (χ1v) is 8.47. The van der Waals surface area contributed by atoms with Gasteiger partial charge in [0, 0.05) is 0 Å². The van der Waals surface area contributed by atoms with Crippen molar-refractivity contribution in [3.05, 3.63) is 77.4 Å². The molecule has 2 N–H and O–H groups in total. The molecule has 0 saturated carbocycles. The highest BCUT2D eigenvalue weighted by atomic mass is 16.1. The number of aryl methyl sites for hydroxylation is 1. The average molecular weight is 345 g/mol. The molecule has 0 atom stereocenters. The van der Waals surface area contributed by atoms with Crippen LogP contribution in [0, 0.1) is 13.8 Å². The molecule has 0 spiro atoms. The van der Waals surface area contributed by atoms with Gasteiger partial charge in [-0.2, -0.15) is 5.10 Å². The van der Waals surface area contributed by atoms with Gasteiger partial charge in [0.05, 0.1) is 40.2 Å². The third kappa shape index (κ3) is 2.86. The van der Waals surface area contributed by atoms with Gasteiger partial charge in [-0.05, 0) is 38.1 Å². The molecule has 0 aliphatic rings. The van der Waals surface area contributed by atoms with E-state index in [9.17, 15) is 4.79 Å². The Hall–Kier alpha value is -3.41. The molecule has 130 valence electrons. The highest BCUT2D eigenvalue weighted by molar-refractivity contribution is 5.96. The van der Waals surface area contributed by atoms with Gasteiger partial charge in [-0.3, -0.25) is 4.79 Å². The SMILES string of the molecule is Cc1nn(-c2ccccc2)c(C)c1C(=O)NCc1nc2ccccc2[nH]1. The second-order valence-corrected chi connectivity index (χ2v) is 6.18. The fourth-order valence-electron chi connectivity index (χ4n) is 3.13. The van der Waals surface area contributed by atoms with Crippen LogP contribution < -0.4 is 5.32 Å². The fourth-order valence-corrected chi connectivity index (χ4v) is 3.13. The Kier molecular flexibility index (Phi) is 4.01. The monoisotopic (exact) mass is 345 g/mol. The molecule has 2 heterocycles. The summed E-state index contributed by atoms with van der Waals surface area (Å²) in [7, 11) is 0. The van der Waals surface area contributed by atoms with Gasteiger partial charge in [0.2, 0.25) is 0 Å². The summed E-state index contributed by atoms with van der Waals surface area (Å²) >= 11 is 0. The van der Waals surface area contributed by atoms with Crippen molar-refractivity contribution < 1.29 is 4.79 Å². The van der Waals surface area contributed by atoms with Crippen molar-refractivity contribution in [1.82, 2.24) is 25.1 Å². The quantitative estimate of drug-likeness (QED) is 0.596. The van der Waals surface area contributed by atoms with Crippen molar-refractivity contribution in [2.45, 2.75) is 20.4 Å². The number of nitrogens with one attached hydrogen (secondary N) is 2. The molecule has 0 bridgehead atoms. The number of imidazole rings is 1. The number of H-pyrrole nitrogens is 1. The van der Waals surface area contributed by atoms with E-state index in [-0.39, 0.29) is 5.91 Å². The van der Waals surface area contributed by atoms with Gasteiger partial charge in [-0.15, -0.1) is 0 Å². The smallest absolute Gasteiger partial charge is 0.255 e. The average Bonchev–Trinajstić information content (AvgIpc) is 3.20. The van der Waals surface area contributed by atoms with Gasteiger partial charge in [0.15, 0.2) is 0 Å². The lowest BCUT2D eigenvalue weighted by molar-refractivity contribution is 0.0948. The summed E-state index contributed by atoms with van der Waals surface area (Å²) < 4.78 is 1.80. The number of carbonyl (C=O) groups excluding carboxylic acids is 1. The largest absolute Gasteiger partial charge is 0.345 e. The fraction of sp³-hybridized carbons (Fsp3) is 0.150. The molecule has 2 aromatic carbocycles. The number of amides is 1. The summed E-state index contributed by atoms with van der Waals surface area (Å²) in [6.45, 7) is 4.09. The van der Waals surface area contributed by atoms with Crippen LogP contribution in [0.5, 0.6) is 0 Å². The Bertz CT molecular complexity index is 1050. The highest BCUT2D eigenvalue weighted by Gasteiger charge is 2.19. The van der Waals surface area contributed by atoms with Gasteiger partial charge in [-0.1, -0.05) is 30.3 Å². The molecule has 0 radical (unpaired) electrons. The van der Waals surface area contributed by atoms with Crippen LogP contribution in [0.3, 0.4) is 0 Å². The molecular weight excluding hydrogens is 326 g/mol. The van der Waals surface area contributed by atoms with Crippen LogP contribution in [0.25, 0.3) is 16.7 Å². The summed E-state index contributed by atoms with van der Waals surface area (Å²) in [5.74, 6) is 0.577. The van der Waals surface area contributed by atoms with E-state index in [1.165, 1.54) is 0 Å². The van der Waals surface area contributed by atoms with Crippen molar-refractivity contribution in [3.63, 3.8) is 0 Å². The molecule has 6 nitrogen and oxygen atoms in total. The summed E-state index contributed by atoms with van der Waals surface area (Å²) in [6.07, 6.45) is 0. The number of hydrogen-bond acceptors (Lipinski definition) is 3. The normalized spacial score (nSPS) is 11.0. The Balaban J connectivity index is 1.55. The predicted octanol–water partition coefficient (Wildman–Crippen LogP) is 3.30. The van der Waals surface area contributed by atoms with Crippen LogP contribution in [-0.4, -0.2) is 25.7 Å². The predicted molar refractivity (Wildman–Crippen MR) is 100 cm³/mol. The number of benzene rings is 2. The molecule has 0 fully saturated rings. The van der Waals surface area contributed by atoms with Crippen molar-refractivity contribution in [1.29, 1.82) is 0 Å². The van der Waals surface area contributed by atoms with Gasteiger partial charge in [0.1, 0.15) is 5.82 Å². The second kappa shape index (κ2) is 6.48. The Morgan fingerprint density at radius 2 is 1.81 bits per heavy atom. The number of aromatic amines is 1. The molecule has 0 aliphatic carbocycles. The Morgan fingerprint density at radius 1 is 1.08 bits per heavy atom. The van der Waals surface area contributed by atoms with E-state index in [1.807, 2.05) is 68.4 Å². The third-order valence-electron chi connectivity index (χ3n) is 4.37. The van der Waals surface area contributed by atoms with Crippen molar-refractivity contribution in [3.8, 4) is 5.69 Å². The van der Waals surface area contributed by atoms with E-state index in [2.05, 4.69) is 20.4 Å². The first-order valence-electron chi connectivity index (χ1n) is 8.47. The molecule has 6 heteroatoms. The second-order valence-electron chi connectivity index (χ2n) is 6.18. The zero-order valence-corrected chi connectivity index (χ0v) is 14.7. The van der Waals surface area contributed by atoms with Gasteiger partial charge < -0.3 is 10.3 Å². The standard InChI is InChI=1S/C20H19N5O/c1-13-19(14(2)25(24-13)15-8-4-3-5-9-15)20(26)21-12-18-22-16-10-6-7-11-17(16)23-18/h3-11H,12H2,1-2H3,(H,21,26)(H,22,23). The van der Waals surface area contributed by atoms with Crippen LogP contribution in [0.4, 0.5) is 0 Å². The van der Waals surface area contributed by atoms with E-state index in [0.717, 1.165) is 28.2 Å². The lowest BCUT2D eigenvalue weighted by Gasteiger charge is -2.06. The zero-order valence-electron chi connectivity index (χ0n) is 14.7. The van der Waals surface area contributed by atoms with E-state index < -0.39 is 0 Å². The molecule has 4 rings (SSSR count). The summed E-state index contributed by atoms with van der Waals surface area (Å²) in [6, 6.07) is 17.6. The van der Waals surface area contributed by atoms with Crippen LogP contribution >= 0.6 is 0 Å². The number of para-hydroxylation sites is 3. The first kappa shape index (κ1) is 16.1. The number of fused-ring (bicyclic) bond motifs is 1. The van der Waals surface area contributed by atoms with Gasteiger partial charge in [-0.25, -0.2) is 9.67 Å². The number of carbonyl (C=O) groups is 1. The number of rotatable bonds is 4. The molecular formula is C20H19N5O. The van der Waals surface area contributed by atoms with E-state index >= 15 is 0 Å². The number of nitrogens with zero attached hydrogens (tertiary/aromatic N) is 3. The molecule has 0 unspecified atom stereocenters. The van der Waals surface area contributed by atoms with Crippen molar-refractivity contribution in [2.24, 2.45) is 0 Å². The van der Waals surface area contributed by atoms with Crippen LogP contribution in [-0.2, 0) is 6.54 Å². The molecule has 26 heavy (non-hydrogen) atoms. The third-order valence-corrected chi connectivity index (χ3v) is 4.37. The summed E-state index contributed by atoms with van der Waals surface area (Å²) in [5, 5.41) is 7.46. The lowest BCUT2D eigenvalue weighted by Crippen LogP contribution is -2.24. The molecule has 1 amide bonds. The van der Waals surface area contributed by atoms with Gasteiger partial charge >= 0.3 is 0 Å². The van der Waals surface area contributed by atoms with Crippen LogP contribution in [0.15, 0.2) is 54.6 Å². The molecule has 0 aliphatic heterocycles. The first-order chi connectivity index (χ1) is 12.6.